The summed E-state index contributed by atoms with van der Waals surface area (Å²) in [6.45, 7) is 36.2. The fourth-order valence-electron chi connectivity index (χ4n) is 5.23. The van der Waals surface area contributed by atoms with Gasteiger partial charge >= 0.3 is 0 Å². The zero-order valence-corrected chi connectivity index (χ0v) is 53.0. The van der Waals surface area contributed by atoms with E-state index < -0.39 is 0 Å². The van der Waals surface area contributed by atoms with Crippen LogP contribution in [0.3, 0.4) is 0 Å². The number of aliphatic hydroxyl groups is 4. The molecule has 30 heteroatoms. The Bertz CT molecular complexity index is 814. The van der Waals surface area contributed by atoms with E-state index in [0.717, 1.165) is 164 Å². The molecule has 30 nitrogen and oxygen atoms in total. The molecule has 0 radical (unpaired) electrons. The van der Waals surface area contributed by atoms with E-state index in [1.807, 2.05) is 6.92 Å². The first-order chi connectivity index (χ1) is 41.5. The van der Waals surface area contributed by atoms with Gasteiger partial charge in [-0.25, -0.2) is 0 Å². The highest BCUT2D eigenvalue weighted by atomic mass is 16.6. The van der Waals surface area contributed by atoms with Gasteiger partial charge in [-0.2, -0.15) is 0 Å². The van der Waals surface area contributed by atoms with Crippen LogP contribution in [0, 0.1) is 0 Å². The zero-order chi connectivity index (χ0) is 62.9. The highest BCUT2D eigenvalue weighted by Gasteiger charge is 1.97. The van der Waals surface area contributed by atoms with Gasteiger partial charge in [0.05, 0.1) is 172 Å². The summed E-state index contributed by atoms with van der Waals surface area (Å²) in [6.07, 6.45) is 1.90. The summed E-state index contributed by atoms with van der Waals surface area (Å²) in [6, 6.07) is 0. The largest absolute Gasteiger partial charge is 0.395 e. The predicted molar refractivity (Wildman–Crippen MR) is 334 cm³/mol. The van der Waals surface area contributed by atoms with Gasteiger partial charge in [0.1, 0.15) is 0 Å². The summed E-state index contributed by atoms with van der Waals surface area (Å²) in [5.41, 5.74) is 26.0. The van der Waals surface area contributed by atoms with Gasteiger partial charge in [-0.1, -0.05) is 6.92 Å². The molecular formula is C54H133N13O17. The van der Waals surface area contributed by atoms with Crippen molar-refractivity contribution in [2.45, 2.75) is 19.8 Å². The van der Waals surface area contributed by atoms with E-state index in [1.165, 1.54) is 0 Å². The second kappa shape index (κ2) is 107. The highest BCUT2D eigenvalue weighted by Crippen LogP contribution is 1.86. The number of likely N-dealkylation sites (N-methyl/N-ethyl adjacent to an activating group) is 1. The van der Waals surface area contributed by atoms with Crippen LogP contribution in [0.25, 0.3) is 0 Å². The molecule has 3 rings (SSSR count). The summed E-state index contributed by atoms with van der Waals surface area (Å²) < 4.78 is 66.9. The number of nitrogens with two attached hydrogens (primary N) is 5. The average Bonchev–Trinajstić information content (AvgIpc) is 3.53. The minimum absolute atomic E-state index is 0.181. The van der Waals surface area contributed by atoms with Crippen LogP contribution in [0.5, 0.6) is 0 Å². The lowest BCUT2D eigenvalue weighted by Gasteiger charge is -2.10. The maximum atomic E-state index is 8.35. The molecule has 22 N–H and O–H groups in total. The van der Waals surface area contributed by atoms with Crippen molar-refractivity contribution < 1.29 is 82.0 Å². The molecule has 0 spiro atoms. The summed E-state index contributed by atoms with van der Waals surface area (Å²) >= 11 is 0. The normalized spacial score (nSPS) is 15.4. The van der Waals surface area contributed by atoms with E-state index in [1.54, 1.807) is 14.2 Å². The third-order valence-electron chi connectivity index (χ3n) is 9.45. The van der Waals surface area contributed by atoms with Crippen LogP contribution in [0.2, 0.25) is 0 Å². The molecule has 3 saturated heterocycles. The monoisotopic (exact) mass is 1240 g/mol. The number of nitrogens with one attached hydrogen (secondary N) is 8. The zero-order valence-electron chi connectivity index (χ0n) is 53.0. The molecule has 0 atom stereocenters. The van der Waals surface area contributed by atoms with Crippen LogP contribution < -0.4 is 71.2 Å². The number of morpholine rings is 1. The second-order valence-corrected chi connectivity index (χ2v) is 16.9. The Morgan fingerprint density at radius 3 is 0.845 bits per heavy atom. The third-order valence-corrected chi connectivity index (χ3v) is 9.45. The molecular weight excluding hydrogens is 1100 g/mol. The van der Waals surface area contributed by atoms with Crippen molar-refractivity contribution in [2.75, 3.05) is 337 Å². The van der Waals surface area contributed by atoms with Crippen molar-refractivity contribution in [1.82, 2.24) is 42.5 Å². The minimum atomic E-state index is 0.181. The fourth-order valence-corrected chi connectivity index (χ4v) is 5.23. The fraction of sp³-hybridized carbons (Fsp3) is 1.00. The van der Waals surface area contributed by atoms with E-state index in [-0.39, 0.29) is 26.4 Å². The third kappa shape index (κ3) is 123. The molecule has 3 aliphatic rings. The Labute approximate surface area is 508 Å². The van der Waals surface area contributed by atoms with E-state index in [4.69, 9.17) is 111 Å². The van der Waals surface area contributed by atoms with Crippen molar-refractivity contribution in [3.8, 4) is 0 Å². The van der Waals surface area contributed by atoms with Crippen molar-refractivity contribution in [3.63, 3.8) is 0 Å². The Kier molecular flexibility index (Phi) is 119. The van der Waals surface area contributed by atoms with Crippen LogP contribution in [-0.4, -0.2) is 357 Å². The quantitative estimate of drug-likeness (QED) is 0.0272. The summed E-state index contributed by atoms with van der Waals surface area (Å²) in [5, 5.41) is 57.6. The lowest BCUT2D eigenvalue weighted by Crippen LogP contribution is -2.30. The summed E-state index contributed by atoms with van der Waals surface area (Å²) in [5.74, 6) is 0. The summed E-state index contributed by atoms with van der Waals surface area (Å²) in [7, 11) is 3.38. The van der Waals surface area contributed by atoms with Gasteiger partial charge in [-0.05, 0) is 32.5 Å². The molecule has 0 aromatic rings. The number of methoxy groups -OCH3 is 2. The van der Waals surface area contributed by atoms with Crippen LogP contribution >= 0.6 is 0 Å². The Balaban J connectivity index is -0.000000207. The minimum Gasteiger partial charge on any atom is -0.395 e. The van der Waals surface area contributed by atoms with Crippen molar-refractivity contribution >= 4 is 0 Å². The van der Waals surface area contributed by atoms with Gasteiger partial charge in [0.25, 0.3) is 0 Å². The van der Waals surface area contributed by atoms with Gasteiger partial charge in [0.2, 0.25) is 0 Å². The van der Waals surface area contributed by atoms with E-state index in [2.05, 4.69) is 42.5 Å². The summed E-state index contributed by atoms with van der Waals surface area (Å²) in [4.78, 5) is 0. The topological polar surface area (TPSA) is 427 Å². The molecule has 0 aromatic carbocycles. The van der Waals surface area contributed by atoms with Crippen molar-refractivity contribution in [2.24, 2.45) is 28.7 Å². The number of hydrogen-bond acceptors (Lipinski definition) is 30. The number of rotatable bonds is 33. The molecule has 0 aliphatic carbocycles. The maximum Gasteiger partial charge on any atom is 0.0701 e. The van der Waals surface area contributed by atoms with E-state index >= 15 is 0 Å². The molecule has 0 bridgehead atoms. The number of ether oxygens (including phenoxy) is 13. The second-order valence-electron chi connectivity index (χ2n) is 16.9. The van der Waals surface area contributed by atoms with Gasteiger partial charge in [-0.3, -0.25) is 0 Å². The van der Waals surface area contributed by atoms with E-state index in [9.17, 15) is 0 Å². The molecule has 516 valence electrons. The van der Waals surface area contributed by atoms with E-state index in [0.29, 0.717) is 145 Å². The maximum absolute atomic E-state index is 8.35. The molecule has 3 heterocycles. The van der Waals surface area contributed by atoms with Gasteiger partial charge < -0.3 is 153 Å². The average molecular weight is 1240 g/mol. The standard InChI is InChI=1S/C10H21NO4.C8H17NO3.2C6H16N2O2.C6H16N2O.C6H15NO2.C4H12N2O.C4H9NO.C4H11NO/c1-3-12-5-7-14-9-10-15-8-6-13-4-2-11-1;1-3-10-5-7-12-8-6-11-4-2-9-1;7-1-3-9-5-6-10-4-2-8;9-5-3-7-1-2-8-4-6-10;7-3-1-5-9-6-2-4-8;1-8-5-3-7-4-6-9-2;5-1-2-6-3-4-7;1-3-6-4-2-5-1;1-2-5-3-4-6/h11H,1-10H2;9H,1-8H2;1-8H2;7-10H,1-6H2;1-8H2;7H,3-6H2,1-2H3;6-7H,1-5H2;5H,1-4H2;5-6H,2-4H2,1H3. The number of aliphatic hydroxyl groups excluding tert-OH is 4. The Hall–Kier alpha value is -1.20. The van der Waals surface area contributed by atoms with Crippen LogP contribution in [-0.2, 0) is 61.6 Å². The lowest BCUT2D eigenvalue weighted by molar-refractivity contribution is 0.00206. The van der Waals surface area contributed by atoms with Crippen molar-refractivity contribution in [1.29, 1.82) is 0 Å². The Morgan fingerprint density at radius 1 is 0.310 bits per heavy atom. The molecule has 0 saturated carbocycles. The van der Waals surface area contributed by atoms with Gasteiger partial charge in [0.15, 0.2) is 0 Å². The molecule has 3 aliphatic heterocycles. The van der Waals surface area contributed by atoms with Gasteiger partial charge in [-0.15, -0.1) is 0 Å². The first-order valence-electron chi connectivity index (χ1n) is 30.4. The smallest absolute Gasteiger partial charge is 0.0701 e. The molecule has 0 unspecified atom stereocenters. The number of hydrogen-bond donors (Lipinski definition) is 17. The molecule has 3 fully saturated rings. The van der Waals surface area contributed by atoms with Crippen LogP contribution in [0.15, 0.2) is 0 Å². The predicted octanol–water partition coefficient (Wildman–Crippen LogP) is -6.33. The molecule has 0 aromatic heterocycles. The molecule has 84 heavy (non-hydrogen) atoms. The van der Waals surface area contributed by atoms with Gasteiger partial charge in [0, 0.05) is 145 Å². The Morgan fingerprint density at radius 2 is 0.583 bits per heavy atom. The lowest BCUT2D eigenvalue weighted by atomic mass is 10.4. The van der Waals surface area contributed by atoms with Crippen LogP contribution in [0.1, 0.15) is 19.8 Å². The SMILES string of the molecule is C1COCCN1.C1COCCOCCOCCN1.C1COCCOCCOCCOCCN1.CCNCCO.COCCNCCOC.NCCCOCCCN.NCCNCCO.NCCOCCOCCN.OCCNCCNCCO. The first-order valence-corrected chi connectivity index (χ1v) is 30.4. The first kappa shape index (κ1) is 93.9. The van der Waals surface area contributed by atoms with Crippen LogP contribution in [0.4, 0.5) is 0 Å². The molecule has 0 amide bonds. The highest BCUT2D eigenvalue weighted by molar-refractivity contribution is 4.52. The van der Waals surface area contributed by atoms with Crippen molar-refractivity contribution in [3.05, 3.63) is 0 Å².